The minimum Gasteiger partial charge on any atom is -0.493 e. The predicted octanol–water partition coefficient (Wildman–Crippen LogP) is 4.73. The number of rotatable bonds is 8. The first-order valence-electron chi connectivity index (χ1n) is 12.9. The van der Waals surface area contributed by atoms with E-state index in [9.17, 15) is 9.59 Å². The second-order valence-corrected chi connectivity index (χ2v) is 9.75. The van der Waals surface area contributed by atoms with Gasteiger partial charge in [0.1, 0.15) is 0 Å². The zero-order valence-corrected chi connectivity index (χ0v) is 22.1. The summed E-state index contributed by atoms with van der Waals surface area (Å²) >= 11 is 0. The lowest BCUT2D eigenvalue weighted by Crippen LogP contribution is -2.47. The van der Waals surface area contributed by atoms with Gasteiger partial charge >= 0.3 is 0 Å². The van der Waals surface area contributed by atoms with Crippen molar-refractivity contribution >= 4 is 23.6 Å². The maximum Gasteiger partial charge on any atom is 0.263 e. The SMILES string of the molecule is COc1ccc(CN2C(=O)c3cccc(N4CCN(C/C(C)=C/c5ccccc5)CC4)c3C2=O)cc1OC. The van der Waals surface area contributed by atoms with E-state index < -0.39 is 0 Å². The van der Waals surface area contributed by atoms with Gasteiger partial charge in [-0.2, -0.15) is 0 Å². The number of imide groups is 1. The minimum atomic E-state index is -0.262. The van der Waals surface area contributed by atoms with Crippen molar-refractivity contribution in [3.63, 3.8) is 0 Å². The van der Waals surface area contributed by atoms with E-state index in [-0.39, 0.29) is 18.4 Å². The van der Waals surface area contributed by atoms with Crippen LogP contribution >= 0.6 is 0 Å². The molecule has 0 N–H and O–H groups in total. The Bertz CT molecular complexity index is 1360. The summed E-state index contributed by atoms with van der Waals surface area (Å²) in [5, 5.41) is 0. The molecular weight excluding hydrogens is 478 g/mol. The summed E-state index contributed by atoms with van der Waals surface area (Å²) in [5.41, 5.74) is 5.14. The molecule has 2 aliphatic heterocycles. The molecule has 7 nitrogen and oxygen atoms in total. The van der Waals surface area contributed by atoms with Gasteiger partial charge in [0.05, 0.1) is 37.6 Å². The Morgan fingerprint density at radius 1 is 0.842 bits per heavy atom. The molecule has 2 aliphatic rings. The third-order valence-corrected chi connectivity index (χ3v) is 7.16. The summed E-state index contributed by atoms with van der Waals surface area (Å²) < 4.78 is 10.7. The summed E-state index contributed by atoms with van der Waals surface area (Å²) in [6, 6.07) is 21.4. The first kappa shape index (κ1) is 25.5. The predicted molar refractivity (Wildman–Crippen MR) is 149 cm³/mol. The van der Waals surface area contributed by atoms with Crippen LogP contribution < -0.4 is 14.4 Å². The van der Waals surface area contributed by atoms with E-state index in [1.165, 1.54) is 16.0 Å². The third kappa shape index (κ3) is 5.15. The summed E-state index contributed by atoms with van der Waals surface area (Å²) in [4.78, 5) is 32.8. The van der Waals surface area contributed by atoms with Crippen LogP contribution in [0.5, 0.6) is 11.5 Å². The minimum absolute atomic E-state index is 0.174. The van der Waals surface area contributed by atoms with Crippen LogP contribution in [0.3, 0.4) is 0 Å². The van der Waals surface area contributed by atoms with E-state index in [0.717, 1.165) is 44.0 Å². The fourth-order valence-corrected chi connectivity index (χ4v) is 5.26. The number of amides is 2. The molecule has 0 saturated carbocycles. The largest absolute Gasteiger partial charge is 0.493 e. The smallest absolute Gasteiger partial charge is 0.263 e. The van der Waals surface area contributed by atoms with Crippen LogP contribution in [0.4, 0.5) is 5.69 Å². The maximum absolute atomic E-state index is 13.5. The van der Waals surface area contributed by atoms with Gasteiger partial charge in [-0.25, -0.2) is 0 Å². The number of hydrogen-bond acceptors (Lipinski definition) is 6. The lowest BCUT2D eigenvalue weighted by Gasteiger charge is -2.37. The van der Waals surface area contributed by atoms with Crippen LogP contribution in [0.2, 0.25) is 0 Å². The van der Waals surface area contributed by atoms with Gasteiger partial charge in [-0.05, 0) is 42.3 Å². The Hall–Kier alpha value is -4.10. The van der Waals surface area contributed by atoms with Gasteiger partial charge in [-0.1, -0.05) is 54.1 Å². The Kier molecular flexibility index (Phi) is 7.47. The van der Waals surface area contributed by atoms with Crippen molar-refractivity contribution in [2.24, 2.45) is 0 Å². The zero-order valence-electron chi connectivity index (χ0n) is 22.1. The normalized spacial score (nSPS) is 16.1. The summed E-state index contributed by atoms with van der Waals surface area (Å²) in [6.45, 7) is 6.63. The molecular formula is C31H33N3O4. The summed E-state index contributed by atoms with van der Waals surface area (Å²) in [5.74, 6) is 0.654. The first-order chi connectivity index (χ1) is 18.5. The van der Waals surface area contributed by atoms with Crippen molar-refractivity contribution in [2.75, 3.05) is 51.8 Å². The Balaban J connectivity index is 1.28. The highest BCUT2D eigenvalue weighted by atomic mass is 16.5. The molecule has 0 radical (unpaired) electrons. The Morgan fingerprint density at radius 2 is 1.58 bits per heavy atom. The van der Waals surface area contributed by atoms with Crippen molar-refractivity contribution in [1.29, 1.82) is 0 Å². The van der Waals surface area contributed by atoms with Crippen molar-refractivity contribution in [2.45, 2.75) is 13.5 Å². The number of benzene rings is 3. The number of anilines is 1. The molecule has 5 rings (SSSR count). The standard InChI is InChI=1S/C31H33N3O4/c1-22(18-23-8-5-4-6-9-23)20-32-14-16-33(17-15-32)26-11-7-10-25-29(26)31(36)34(30(25)35)21-24-12-13-27(37-2)28(19-24)38-3/h4-13,18-19H,14-17,20-21H2,1-3H3/b22-18+. The van der Waals surface area contributed by atoms with Crippen molar-refractivity contribution in [1.82, 2.24) is 9.80 Å². The van der Waals surface area contributed by atoms with Crippen LogP contribution in [0.15, 0.2) is 72.3 Å². The highest BCUT2D eigenvalue weighted by molar-refractivity contribution is 6.23. The van der Waals surface area contributed by atoms with E-state index in [0.29, 0.717) is 22.6 Å². The van der Waals surface area contributed by atoms with Gasteiger partial charge in [0.2, 0.25) is 0 Å². The van der Waals surface area contributed by atoms with Gasteiger partial charge in [0, 0.05) is 32.7 Å². The van der Waals surface area contributed by atoms with Gasteiger partial charge in [-0.3, -0.25) is 19.4 Å². The monoisotopic (exact) mass is 511 g/mol. The highest BCUT2D eigenvalue weighted by Crippen LogP contribution is 2.34. The van der Waals surface area contributed by atoms with Crippen molar-refractivity contribution < 1.29 is 19.1 Å². The van der Waals surface area contributed by atoms with Crippen LogP contribution in [0, 0.1) is 0 Å². The molecule has 3 aromatic rings. The van der Waals surface area contributed by atoms with Gasteiger partial charge in [-0.15, -0.1) is 0 Å². The summed E-state index contributed by atoms with van der Waals surface area (Å²) in [6.07, 6.45) is 2.23. The van der Waals surface area contributed by atoms with E-state index in [4.69, 9.17) is 9.47 Å². The van der Waals surface area contributed by atoms with E-state index in [1.807, 2.05) is 24.3 Å². The number of nitrogens with zero attached hydrogens (tertiary/aromatic N) is 3. The molecule has 0 aliphatic carbocycles. The lowest BCUT2D eigenvalue weighted by atomic mass is 10.1. The number of ether oxygens (including phenoxy) is 2. The molecule has 2 heterocycles. The quantitative estimate of drug-likeness (QED) is 0.408. The second kappa shape index (κ2) is 11.1. The fourth-order valence-electron chi connectivity index (χ4n) is 5.26. The third-order valence-electron chi connectivity index (χ3n) is 7.16. The molecule has 0 atom stereocenters. The Labute approximate surface area is 223 Å². The van der Waals surface area contributed by atoms with Crippen LogP contribution in [0.1, 0.15) is 38.8 Å². The molecule has 1 saturated heterocycles. The molecule has 3 aromatic carbocycles. The number of carbonyl (C=O) groups excluding carboxylic acids is 2. The van der Waals surface area contributed by atoms with Crippen LogP contribution in [-0.4, -0.2) is 68.6 Å². The highest BCUT2D eigenvalue weighted by Gasteiger charge is 2.38. The van der Waals surface area contributed by atoms with Crippen LogP contribution in [0.25, 0.3) is 6.08 Å². The van der Waals surface area contributed by atoms with Crippen molar-refractivity contribution in [3.8, 4) is 11.5 Å². The van der Waals surface area contributed by atoms with Gasteiger partial charge < -0.3 is 14.4 Å². The molecule has 0 bridgehead atoms. The average molecular weight is 512 g/mol. The van der Waals surface area contributed by atoms with Crippen LogP contribution in [-0.2, 0) is 6.54 Å². The molecule has 7 heteroatoms. The number of fused-ring (bicyclic) bond motifs is 1. The van der Waals surface area contributed by atoms with Gasteiger partial charge in [0.15, 0.2) is 11.5 Å². The van der Waals surface area contributed by atoms with Crippen molar-refractivity contribution in [3.05, 3.63) is 94.6 Å². The zero-order chi connectivity index (χ0) is 26.6. The number of hydrogen-bond donors (Lipinski definition) is 0. The molecule has 1 fully saturated rings. The summed E-state index contributed by atoms with van der Waals surface area (Å²) in [7, 11) is 3.14. The fraction of sp³-hybridized carbons (Fsp3) is 0.290. The van der Waals surface area contributed by atoms with Gasteiger partial charge in [0.25, 0.3) is 11.8 Å². The topological polar surface area (TPSA) is 62.3 Å². The van der Waals surface area contributed by atoms with E-state index >= 15 is 0 Å². The average Bonchev–Trinajstić information content (AvgIpc) is 3.18. The number of carbonyl (C=O) groups is 2. The molecule has 2 amide bonds. The van der Waals surface area contributed by atoms with E-state index in [2.05, 4.69) is 47.1 Å². The maximum atomic E-state index is 13.5. The molecule has 196 valence electrons. The molecule has 0 unspecified atom stereocenters. The molecule has 38 heavy (non-hydrogen) atoms. The first-order valence-corrected chi connectivity index (χ1v) is 12.9. The Morgan fingerprint density at radius 3 is 2.29 bits per heavy atom. The number of piperazine rings is 1. The lowest BCUT2D eigenvalue weighted by molar-refractivity contribution is 0.0642. The molecule has 0 aromatic heterocycles. The second-order valence-electron chi connectivity index (χ2n) is 9.75. The number of methoxy groups -OCH3 is 2. The van der Waals surface area contributed by atoms with E-state index in [1.54, 1.807) is 32.4 Å². The molecule has 0 spiro atoms.